The summed E-state index contributed by atoms with van der Waals surface area (Å²) in [6, 6.07) is 0. The minimum atomic E-state index is 0. The average Bonchev–Trinajstić information content (AvgIpc) is 1.00. The van der Waals surface area contributed by atoms with Crippen LogP contribution < -0.4 is 0 Å². The molecule has 1 radical (unpaired) electrons. The first-order chi connectivity index (χ1) is 1.00. The summed E-state index contributed by atoms with van der Waals surface area (Å²) in [5.74, 6) is 0. The number of hydrogen-bond donors (Lipinski definition) is 0. The van der Waals surface area contributed by atoms with Gasteiger partial charge in [-0.1, -0.05) is 0 Å². The predicted octanol–water partition coefficient (Wildman–Crippen LogP) is -0.124. The molecule has 0 aliphatic rings. The summed E-state index contributed by atoms with van der Waals surface area (Å²) in [6.45, 7) is 0. The third-order valence-corrected chi connectivity index (χ3v) is 0. The SMILES string of the molecule is [O]=[Ni].[U].[V]. The van der Waals surface area contributed by atoms with E-state index in [1.807, 2.05) is 0 Å². The van der Waals surface area contributed by atoms with Crippen LogP contribution in [0.4, 0.5) is 0 Å². The molecule has 0 bridgehead atoms. The quantitative estimate of drug-likeness (QED) is 0.548. The summed E-state index contributed by atoms with van der Waals surface area (Å²) in [5.41, 5.74) is 0. The average molecular weight is 364 g/mol. The summed E-state index contributed by atoms with van der Waals surface area (Å²) in [5, 5.41) is 0. The Morgan fingerprint density at radius 3 is 1.25 bits per heavy atom. The van der Waals surface area contributed by atoms with E-state index in [1.54, 1.807) is 0 Å². The van der Waals surface area contributed by atoms with Crippen LogP contribution in [-0.2, 0) is 37.8 Å². The van der Waals surface area contributed by atoms with Crippen molar-refractivity contribution in [1.82, 2.24) is 0 Å². The van der Waals surface area contributed by atoms with Gasteiger partial charge in [0, 0.05) is 49.7 Å². The molecule has 0 atom stereocenters. The fraction of sp³-hybridized carbons (Fsp3) is 0. The first-order valence-electron chi connectivity index (χ1n) is 0.129. The Bertz CT molecular complexity index is 8.00. The first kappa shape index (κ1) is 16.8. The molecule has 0 saturated heterocycles. The van der Waals surface area contributed by atoms with Crippen LogP contribution in [0, 0.1) is 31.1 Å². The van der Waals surface area contributed by atoms with Crippen molar-refractivity contribution in [3.8, 4) is 0 Å². The molecule has 0 aromatic rings. The monoisotopic (exact) mass is 363 g/mol. The maximum absolute atomic E-state index is 7.88. The van der Waals surface area contributed by atoms with E-state index in [0.717, 1.165) is 0 Å². The van der Waals surface area contributed by atoms with Gasteiger partial charge in [-0.05, 0) is 0 Å². The van der Waals surface area contributed by atoms with Gasteiger partial charge in [0.05, 0.1) is 0 Å². The number of hydrogen-bond acceptors (Lipinski definition) is 1. The molecule has 0 amide bonds. The molecule has 0 rings (SSSR count). The molecule has 0 spiro atoms. The van der Waals surface area contributed by atoms with Crippen molar-refractivity contribution in [2.45, 2.75) is 0 Å². The molecule has 0 aromatic carbocycles. The van der Waals surface area contributed by atoms with Crippen molar-refractivity contribution < 1.29 is 69.0 Å². The molecular weight excluding hydrogens is 364 g/mol. The second-order valence-corrected chi connectivity index (χ2v) is 0. The molecule has 0 N–H and O–H groups in total. The van der Waals surface area contributed by atoms with E-state index < -0.39 is 0 Å². The molecule has 1 nitrogen and oxygen atoms in total. The maximum atomic E-state index is 7.88. The van der Waals surface area contributed by atoms with Crippen molar-refractivity contribution in [1.29, 1.82) is 0 Å². The molecule has 0 unspecified atom stereocenters. The number of rotatable bonds is 0. The van der Waals surface area contributed by atoms with Crippen LogP contribution in [0.1, 0.15) is 0 Å². The van der Waals surface area contributed by atoms with Crippen LogP contribution in [0.3, 0.4) is 0 Å². The fourth-order valence-electron chi connectivity index (χ4n) is 0. The van der Waals surface area contributed by atoms with E-state index in [0.29, 0.717) is 0 Å². The van der Waals surface area contributed by atoms with Gasteiger partial charge in [0.15, 0.2) is 0 Å². The van der Waals surface area contributed by atoms with Crippen LogP contribution in [-0.4, -0.2) is 0 Å². The Kier molecular flexibility index (Phi) is 85.8. The normalized spacial score (nSPS) is 1.50. The Morgan fingerprint density at radius 1 is 1.25 bits per heavy atom. The van der Waals surface area contributed by atoms with E-state index in [1.165, 1.54) is 0 Å². The van der Waals surface area contributed by atoms with E-state index in [4.69, 9.17) is 3.90 Å². The van der Waals surface area contributed by atoms with Crippen LogP contribution in [0.15, 0.2) is 0 Å². The van der Waals surface area contributed by atoms with Gasteiger partial charge >= 0.3 is 19.3 Å². The largest absolute Gasteiger partial charge is 0 e. The molecule has 0 heterocycles. The van der Waals surface area contributed by atoms with Crippen molar-refractivity contribution in [2.24, 2.45) is 0 Å². The summed E-state index contributed by atoms with van der Waals surface area (Å²) in [4.78, 5) is 0. The third-order valence-electron chi connectivity index (χ3n) is 0. The summed E-state index contributed by atoms with van der Waals surface area (Å²) < 4.78 is 7.88. The zero-order valence-electron chi connectivity index (χ0n) is 1.67. The molecule has 25 valence electrons. The minimum Gasteiger partial charge on any atom is 0 e. The van der Waals surface area contributed by atoms with Crippen LogP contribution in [0.2, 0.25) is 0 Å². The topological polar surface area (TPSA) is 17.1 Å². The molecule has 0 aliphatic heterocycles. The molecule has 4 heteroatoms. The van der Waals surface area contributed by atoms with Crippen molar-refractivity contribution in [2.75, 3.05) is 0 Å². The van der Waals surface area contributed by atoms with Gasteiger partial charge in [-0.2, -0.15) is 0 Å². The Hall–Kier alpha value is 1.93. The molecular formula is NiOUV. The standard InChI is InChI=1S/Ni.O.U.V. The van der Waals surface area contributed by atoms with E-state index in [2.05, 4.69) is 15.4 Å². The molecule has 0 aromatic heterocycles. The minimum absolute atomic E-state index is 0. The van der Waals surface area contributed by atoms with E-state index >= 15 is 0 Å². The van der Waals surface area contributed by atoms with Gasteiger partial charge < -0.3 is 0 Å². The van der Waals surface area contributed by atoms with Gasteiger partial charge in [0.1, 0.15) is 0 Å². The molecule has 0 fully saturated rings. The zero-order valence-corrected chi connectivity index (χ0v) is 8.22. The second-order valence-electron chi connectivity index (χ2n) is 0. The van der Waals surface area contributed by atoms with Crippen LogP contribution in [0.5, 0.6) is 0 Å². The van der Waals surface area contributed by atoms with Crippen LogP contribution >= 0.6 is 0 Å². The smallest absolute Gasteiger partial charge is 0 e. The van der Waals surface area contributed by atoms with Crippen molar-refractivity contribution >= 4 is 0 Å². The molecule has 0 saturated carbocycles. The fourth-order valence-corrected chi connectivity index (χ4v) is 0. The molecule has 0 aliphatic carbocycles. The second kappa shape index (κ2) is 20.4. The van der Waals surface area contributed by atoms with Gasteiger partial charge in [0.2, 0.25) is 0 Å². The van der Waals surface area contributed by atoms with Gasteiger partial charge in [0.25, 0.3) is 0 Å². The van der Waals surface area contributed by atoms with Crippen molar-refractivity contribution in [3.63, 3.8) is 0 Å². The first-order valence-corrected chi connectivity index (χ1v) is 0.532. The summed E-state index contributed by atoms with van der Waals surface area (Å²) in [6.07, 6.45) is 0. The predicted molar refractivity (Wildman–Crippen MR) is 0.686 cm³/mol. The van der Waals surface area contributed by atoms with Crippen LogP contribution in [0.25, 0.3) is 0 Å². The third kappa shape index (κ3) is 9.06. The summed E-state index contributed by atoms with van der Waals surface area (Å²) in [7, 11) is 0. The van der Waals surface area contributed by atoms with Gasteiger partial charge in [-0.15, -0.1) is 0 Å². The van der Waals surface area contributed by atoms with Gasteiger partial charge in [-0.3, -0.25) is 0 Å². The Balaban J connectivity index is -0.00000000500. The zero-order chi connectivity index (χ0) is 2.00. The molecule has 4 heavy (non-hydrogen) atoms. The summed E-state index contributed by atoms with van der Waals surface area (Å²) >= 11 is 2.62. The van der Waals surface area contributed by atoms with E-state index in [-0.39, 0.29) is 49.7 Å². The van der Waals surface area contributed by atoms with Gasteiger partial charge in [-0.25, -0.2) is 0 Å². The maximum Gasteiger partial charge on any atom is 0 e. The Labute approximate surface area is 68.1 Å². The van der Waals surface area contributed by atoms with Crippen molar-refractivity contribution in [3.05, 3.63) is 0 Å². The van der Waals surface area contributed by atoms with E-state index in [9.17, 15) is 0 Å². The Morgan fingerprint density at radius 2 is 1.25 bits per heavy atom.